The number of rotatable bonds is 9. The van der Waals surface area contributed by atoms with Gasteiger partial charge in [0.05, 0.1) is 19.0 Å². The molecule has 1 unspecified atom stereocenters. The van der Waals surface area contributed by atoms with Gasteiger partial charge in [0.15, 0.2) is 0 Å². The molecule has 0 aliphatic rings. The van der Waals surface area contributed by atoms with Crippen LogP contribution < -0.4 is 0 Å². The molecule has 0 saturated heterocycles. The zero-order chi connectivity index (χ0) is 18.9. The minimum Gasteiger partial charge on any atom is -0.374 e. The van der Waals surface area contributed by atoms with E-state index in [-0.39, 0.29) is 6.10 Å². The molecule has 1 atom stereocenters. The predicted octanol–water partition coefficient (Wildman–Crippen LogP) is 5.58. The van der Waals surface area contributed by atoms with Gasteiger partial charge in [-0.1, -0.05) is 65.7 Å². The van der Waals surface area contributed by atoms with Crippen LogP contribution in [0.15, 0.2) is 73.3 Å². The molecule has 0 radical (unpaired) electrons. The molecular formula is C23H25ClN2O. The van der Waals surface area contributed by atoms with Gasteiger partial charge in [0.25, 0.3) is 0 Å². The smallest absolute Gasteiger partial charge is 0.0945 e. The summed E-state index contributed by atoms with van der Waals surface area (Å²) in [4.78, 5) is 4.11. The average Bonchev–Trinajstić information content (AvgIpc) is 3.20. The lowest BCUT2D eigenvalue weighted by Gasteiger charge is -2.18. The summed E-state index contributed by atoms with van der Waals surface area (Å²) in [7, 11) is 0. The monoisotopic (exact) mass is 380 g/mol. The molecule has 3 rings (SSSR count). The maximum absolute atomic E-state index is 6.17. The molecular weight excluding hydrogens is 356 g/mol. The molecule has 2 aromatic carbocycles. The topological polar surface area (TPSA) is 27.1 Å². The highest BCUT2D eigenvalue weighted by molar-refractivity contribution is 6.30. The van der Waals surface area contributed by atoms with Crippen molar-refractivity contribution in [2.75, 3.05) is 6.61 Å². The van der Waals surface area contributed by atoms with Crippen molar-refractivity contribution in [2.24, 2.45) is 0 Å². The summed E-state index contributed by atoms with van der Waals surface area (Å²) >= 11 is 5.92. The van der Waals surface area contributed by atoms with Crippen LogP contribution in [0.1, 0.15) is 23.1 Å². The molecule has 0 aliphatic heterocycles. The van der Waals surface area contributed by atoms with E-state index < -0.39 is 0 Å². The number of benzene rings is 2. The highest BCUT2D eigenvalue weighted by Crippen LogP contribution is 2.13. The number of nitrogens with zero attached hydrogens (tertiary/aromatic N) is 2. The standard InChI is InChI=1S/C23H25ClN2O/c1-19-4-6-21(7-5-19)17-23(12-14-26-15-13-25-18-26)27-16-2-3-20-8-10-22(24)11-9-20/h2-11,13,15,18,23H,12,14,16-17H2,1H3. The van der Waals surface area contributed by atoms with E-state index in [0.717, 1.165) is 30.0 Å². The summed E-state index contributed by atoms with van der Waals surface area (Å²) in [5.74, 6) is 0. The second-order valence-corrected chi connectivity index (χ2v) is 7.12. The Balaban J connectivity index is 1.56. The molecule has 4 heteroatoms. The van der Waals surface area contributed by atoms with Crippen LogP contribution in [-0.2, 0) is 17.7 Å². The molecule has 0 aliphatic carbocycles. The lowest BCUT2D eigenvalue weighted by Crippen LogP contribution is -2.19. The second kappa shape index (κ2) is 10.1. The quantitative estimate of drug-likeness (QED) is 0.484. The van der Waals surface area contributed by atoms with Gasteiger partial charge in [-0.15, -0.1) is 0 Å². The van der Waals surface area contributed by atoms with Crippen molar-refractivity contribution in [3.05, 3.63) is 95.0 Å². The first-order chi connectivity index (χ1) is 13.2. The fourth-order valence-corrected chi connectivity index (χ4v) is 3.02. The van der Waals surface area contributed by atoms with E-state index in [1.54, 1.807) is 0 Å². The summed E-state index contributed by atoms with van der Waals surface area (Å²) in [6, 6.07) is 16.5. The van der Waals surface area contributed by atoms with Crippen LogP contribution in [0.5, 0.6) is 0 Å². The Morgan fingerprint density at radius 1 is 1.11 bits per heavy atom. The fraction of sp³-hybridized carbons (Fsp3) is 0.261. The highest BCUT2D eigenvalue weighted by Gasteiger charge is 2.10. The van der Waals surface area contributed by atoms with Gasteiger partial charge in [0.2, 0.25) is 0 Å². The van der Waals surface area contributed by atoms with Crippen LogP contribution in [0.25, 0.3) is 6.08 Å². The lowest BCUT2D eigenvalue weighted by molar-refractivity contribution is 0.0650. The van der Waals surface area contributed by atoms with E-state index in [1.165, 1.54) is 11.1 Å². The molecule has 3 aromatic rings. The second-order valence-electron chi connectivity index (χ2n) is 6.69. The van der Waals surface area contributed by atoms with Crippen LogP contribution >= 0.6 is 11.6 Å². The van der Waals surface area contributed by atoms with E-state index in [0.29, 0.717) is 6.61 Å². The van der Waals surface area contributed by atoms with Crippen molar-refractivity contribution < 1.29 is 4.74 Å². The molecule has 0 N–H and O–H groups in total. The van der Waals surface area contributed by atoms with Crippen LogP contribution in [-0.4, -0.2) is 22.3 Å². The third kappa shape index (κ3) is 6.70. The van der Waals surface area contributed by atoms with E-state index in [1.807, 2.05) is 43.0 Å². The molecule has 0 bridgehead atoms. The summed E-state index contributed by atoms with van der Waals surface area (Å²) in [6.07, 6.45) is 11.8. The van der Waals surface area contributed by atoms with Crippen molar-refractivity contribution in [1.82, 2.24) is 9.55 Å². The maximum Gasteiger partial charge on any atom is 0.0945 e. The van der Waals surface area contributed by atoms with Gasteiger partial charge in [-0.3, -0.25) is 0 Å². The summed E-state index contributed by atoms with van der Waals surface area (Å²) in [5, 5.41) is 0.751. The Kier molecular flexibility index (Phi) is 7.26. The summed E-state index contributed by atoms with van der Waals surface area (Å²) in [5.41, 5.74) is 3.70. The minimum atomic E-state index is 0.157. The van der Waals surface area contributed by atoms with Crippen molar-refractivity contribution in [3.63, 3.8) is 0 Å². The van der Waals surface area contributed by atoms with Crippen molar-refractivity contribution >= 4 is 17.7 Å². The Bertz CT molecular complexity index is 824. The largest absolute Gasteiger partial charge is 0.374 e. The molecule has 3 nitrogen and oxygen atoms in total. The fourth-order valence-electron chi connectivity index (χ4n) is 2.89. The molecule has 0 fully saturated rings. The van der Waals surface area contributed by atoms with Crippen molar-refractivity contribution in [3.8, 4) is 0 Å². The van der Waals surface area contributed by atoms with Crippen LogP contribution in [0, 0.1) is 6.92 Å². The van der Waals surface area contributed by atoms with Crippen molar-refractivity contribution in [1.29, 1.82) is 0 Å². The third-order valence-electron chi connectivity index (χ3n) is 4.46. The Hall–Kier alpha value is -2.36. The highest BCUT2D eigenvalue weighted by atomic mass is 35.5. The minimum absolute atomic E-state index is 0.157. The van der Waals surface area contributed by atoms with Crippen LogP contribution in [0.2, 0.25) is 5.02 Å². The van der Waals surface area contributed by atoms with Gasteiger partial charge in [-0.2, -0.15) is 0 Å². The van der Waals surface area contributed by atoms with E-state index in [2.05, 4.69) is 52.9 Å². The third-order valence-corrected chi connectivity index (χ3v) is 4.71. The number of hydrogen-bond acceptors (Lipinski definition) is 2. The summed E-state index contributed by atoms with van der Waals surface area (Å²) < 4.78 is 8.27. The van der Waals surface area contributed by atoms with E-state index >= 15 is 0 Å². The molecule has 0 spiro atoms. The molecule has 1 aromatic heterocycles. The Labute approximate surface area is 166 Å². The van der Waals surface area contributed by atoms with Crippen LogP contribution in [0.3, 0.4) is 0 Å². The van der Waals surface area contributed by atoms with E-state index in [9.17, 15) is 0 Å². The number of hydrogen-bond donors (Lipinski definition) is 0. The molecule has 1 heterocycles. The first-order valence-corrected chi connectivity index (χ1v) is 9.62. The van der Waals surface area contributed by atoms with Gasteiger partial charge in [-0.05, 0) is 43.0 Å². The normalized spacial score (nSPS) is 12.5. The molecule has 0 saturated carbocycles. The van der Waals surface area contributed by atoms with Gasteiger partial charge < -0.3 is 9.30 Å². The van der Waals surface area contributed by atoms with Gasteiger partial charge in [-0.25, -0.2) is 4.98 Å². The molecule has 140 valence electrons. The average molecular weight is 381 g/mol. The maximum atomic E-state index is 6.17. The molecule has 27 heavy (non-hydrogen) atoms. The van der Waals surface area contributed by atoms with Crippen LogP contribution in [0.4, 0.5) is 0 Å². The number of ether oxygens (including phenoxy) is 1. The van der Waals surface area contributed by atoms with Gasteiger partial charge in [0, 0.05) is 24.0 Å². The lowest BCUT2D eigenvalue weighted by atomic mass is 10.0. The Morgan fingerprint density at radius 2 is 1.89 bits per heavy atom. The Morgan fingerprint density at radius 3 is 2.59 bits per heavy atom. The first kappa shape index (κ1) is 19.4. The van der Waals surface area contributed by atoms with E-state index in [4.69, 9.17) is 16.3 Å². The van der Waals surface area contributed by atoms with Crippen molar-refractivity contribution in [2.45, 2.75) is 32.4 Å². The van der Waals surface area contributed by atoms with Gasteiger partial charge >= 0.3 is 0 Å². The molecule has 0 amide bonds. The zero-order valence-electron chi connectivity index (χ0n) is 15.6. The number of aryl methyl sites for hydroxylation is 2. The zero-order valence-corrected chi connectivity index (χ0v) is 16.3. The number of halogens is 1. The first-order valence-electron chi connectivity index (χ1n) is 9.24. The number of imidazole rings is 1. The predicted molar refractivity (Wildman–Crippen MR) is 112 cm³/mol. The van der Waals surface area contributed by atoms with Gasteiger partial charge in [0.1, 0.15) is 0 Å². The SMILES string of the molecule is Cc1ccc(CC(CCn2ccnc2)OCC=Cc2ccc(Cl)cc2)cc1. The number of aromatic nitrogens is 2. The summed E-state index contributed by atoms with van der Waals surface area (Å²) in [6.45, 7) is 3.60.